The maximum absolute atomic E-state index is 11.8. The molecular formula is C28H35Cl3O4S26. The van der Waals surface area contributed by atoms with Crippen LogP contribution in [0, 0.1) is 11.8 Å². The van der Waals surface area contributed by atoms with Crippen LogP contribution in [-0.2, 0) is 240 Å². The summed E-state index contributed by atoms with van der Waals surface area (Å²) in [6, 6.07) is 13.2. The first kappa shape index (κ1) is 63.1. The van der Waals surface area contributed by atoms with Gasteiger partial charge in [0.15, 0.2) is 0 Å². The molecule has 0 aliphatic heterocycles. The Hall–Kier alpha value is 4.13. The molecule has 2 aliphatic rings. The molecule has 0 radical (unpaired) electrons. The minimum Gasteiger partial charge on any atom is -0.459 e. The van der Waals surface area contributed by atoms with Gasteiger partial charge in [-0.05, 0) is 123 Å². The molecule has 0 saturated heterocycles. The molecule has 0 spiro atoms. The quantitative estimate of drug-likeness (QED) is 0.247. The number of aliphatic hydroxyl groups excluding tert-OH is 1. The van der Waals surface area contributed by atoms with Crippen molar-refractivity contribution in [2.75, 3.05) is 0 Å². The fraction of sp³-hybridized carbons (Fsp3) is 0.500. The van der Waals surface area contributed by atoms with E-state index in [1.165, 1.54) is 30.6 Å². The maximum atomic E-state index is 11.8. The molecule has 0 atom stereocenters. The van der Waals surface area contributed by atoms with Crippen molar-refractivity contribution >= 4 is 282 Å². The first-order valence-corrected chi connectivity index (χ1v) is 50.9. The molecule has 61 heavy (non-hydrogen) atoms. The van der Waals surface area contributed by atoms with Crippen LogP contribution in [0.15, 0.2) is 48.5 Å². The van der Waals surface area contributed by atoms with E-state index in [9.17, 15) is 9.59 Å². The van der Waals surface area contributed by atoms with Crippen LogP contribution in [0.4, 0.5) is 0 Å². The lowest BCUT2D eigenvalue weighted by Gasteiger charge is -2.25. The Bertz CT molecular complexity index is 2690. The molecule has 2 fully saturated rings. The van der Waals surface area contributed by atoms with E-state index in [0.717, 1.165) is 50.4 Å². The van der Waals surface area contributed by atoms with E-state index in [-0.39, 0.29) is 18.2 Å². The fourth-order valence-electron chi connectivity index (χ4n) is 4.23. The zero-order valence-electron chi connectivity index (χ0n) is 31.0. The van der Waals surface area contributed by atoms with Gasteiger partial charge in [0.2, 0.25) is 0 Å². The lowest BCUT2D eigenvalue weighted by atomic mass is 9.89. The number of rotatable bonds is 3. The van der Waals surface area contributed by atoms with Gasteiger partial charge in [0.05, 0.1) is 11.7 Å². The third-order valence-corrected chi connectivity index (χ3v) is 58.8. The molecule has 2 aliphatic carbocycles. The molecule has 0 unspecified atom stereocenters. The lowest BCUT2D eigenvalue weighted by molar-refractivity contribution is 0.0173. The van der Waals surface area contributed by atoms with Crippen molar-refractivity contribution in [1.82, 2.24) is 0 Å². The lowest BCUT2D eigenvalue weighted by Crippen LogP contribution is -2.23. The zero-order valence-corrected chi connectivity index (χ0v) is 54.5. The predicted octanol–water partition coefficient (Wildman–Crippen LogP) is 8.29. The largest absolute Gasteiger partial charge is 0.459 e. The van der Waals surface area contributed by atoms with Crippen LogP contribution in [-0.4, -0.2) is 28.5 Å². The number of benzene rings is 2. The Morgan fingerprint density at radius 2 is 0.770 bits per heavy atom. The van der Waals surface area contributed by atoms with Gasteiger partial charge in [-0.1, -0.05) is 37.0 Å². The Morgan fingerprint density at radius 1 is 0.492 bits per heavy atom. The number of carbonyl (C=O) groups excluding carboxylic acids is 2. The van der Waals surface area contributed by atoms with E-state index in [4.69, 9.17) is 67.0 Å². The highest BCUT2D eigenvalue weighted by Crippen LogP contribution is 2.26. The summed E-state index contributed by atoms with van der Waals surface area (Å²) in [5, 5.41) is 9.80. The van der Waals surface area contributed by atoms with Crippen molar-refractivity contribution in [1.29, 1.82) is 0 Å². The molecule has 0 amide bonds. The summed E-state index contributed by atoms with van der Waals surface area (Å²) in [6.07, 6.45) is 8.89. The van der Waals surface area contributed by atoms with Gasteiger partial charge >= 0.3 is 5.97 Å². The van der Waals surface area contributed by atoms with Crippen molar-refractivity contribution in [3.8, 4) is 0 Å². The van der Waals surface area contributed by atoms with Crippen molar-refractivity contribution in [3.05, 3.63) is 69.7 Å². The first-order valence-electron chi connectivity index (χ1n) is 16.4. The van der Waals surface area contributed by atoms with Crippen molar-refractivity contribution in [2.45, 2.75) is 77.4 Å². The molecular weight excluding hydrogens is 1340 g/mol. The molecule has 2 saturated carbocycles. The molecule has 0 aromatic heterocycles. The SMILES string of the molecule is CC1CCC(O)CC1.CC1CCC(OC(=O)c2ccc(Cl)cc2)CC1.O=C(Cl)c1ccc(Cl)cc1.S=S=S=S=S=S=S=S=S=S=S=S=S=S=S=S=S=S=S=S=S=S=S=S=S=S. The molecule has 2 aromatic rings. The number of ether oxygens (including phenoxy) is 1. The Balaban J connectivity index is 0.000000448. The summed E-state index contributed by atoms with van der Waals surface area (Å²) in [5.74, 6) is 1.39. The molecule has 0 heterocycles. The third-order valence-electron chi connectivity index (χ3n) is 7.01. The minimum absolute atomic E-state index is 0.0196. The van der Waals surface area contributed by atoms with Crippen molar-refractivity contribution in [2.24, 2.45) is 11.8 Å². The highest BCUT2D eigenvalue weighted by atomic mass is 35.5. The van der Waals surface area contributed by atoms with Crippen LogP contribution in [0.1, 0.15) is 85.9 Å². The van der Waals surface area contributed by atoms with Gasteiger partial charge < -0.3 is 9.84 Å². The highest BCUT2D eigenvalue weighted by molar-refractivity contribution is 8.79. The smallest absolute Gasteiger partial charge is 0.338 e. The summed E-state index contributed by atoms with van der Waals surface area (Å²) >= 11 is 26.1. The minimum atomic E-state index is -0.461. The van der Waals surface area contributed by atoms with Gasteiger partial charge in [-0.25, -0.2) is 4.79 Å². The highest BCUT2D eigenvalue weighted by Gasteiger charge is 2.22. The van der Waals surface area contributed by atoms with Gasteiger partial charge in [0.25, 0.3) is 5.24 Å². The first-order chi connectivity index (χ1) is 29.5. The van der Waals surface area contributed by atoms with Gasteiger partial charge in [0, 0.05) is 251 Å². The van der Waals surface area contributed by atoms with Gasteiger partial charge in [0.1, 0.15) is 6.10 Å². The summed E-state index contributed by atoms with van der Waals surface area (Å²) < 4.78 is 5.48. The second-order valence-electron chi connectivity index (χ2n) is 11.1. The second-order valence-corrected chi connectivity index (χ2v) is 54.8. The molecule has 2 aromatic carbocycles. The van der Waals surface area contributed by atoms with Gasteiger partial charge in [-0.15, -0.1) is 0 Å². The Kier molecular flexibility index (Phi) is 46.9. The molecule has 0 bridgehead atoms. The van der Waals surface area contributed by atoms with E-state index in [2.05, 4.69) is 13.8 Å². The second kappa shape index (κ2) is 45.3. The summed E-state index contributed by atoms with van der Waals surface area (Å²) in [4.78, 5) is 22.3. The van der Waals surface area contributed by atoms with Crippen LogP contribution in [0.25, 0.3) is 0 Å². The van der Waals surface area contributed by atoms with Crippen LogP contribution < -0.4 is 0 Å². The van der Waals surface area contributed by atoms with E-state index >= 15 is 0 Å². The standard InChI is InChI=1S/C14H17ClO2.C7H4Cl2O.C7H14O.S26/c1-10-2-8-13(9-3-10)17-14(16)11-4-6-12(15)7-5-11;8-6-3-1-5(2-4-6)7(9)10;1-6-2-4-7(8)5-3-6;1-3-5-7-9-11-13-15-17-19-21-23-25-26-24-22-20-18-16-14-12-10-8-6-4-2/h4-7,10,13H,2-3,8-9H2,1H3;1-4H;6-8H,2-5H2,1H3;. The summed E-state index contributed by atoms with van der Waals surface area (Å²) in [5.41, 5.74) is 1.04. The summed E-state index contributed by atoms with van der Waals surface area (Å²) in [6.45, 7) is 4.50. The number of aliphatic hydroxyl groups is 1. The molecule has 33 heteroatoms. The van der Waals surface area contributed by atoms with E-state index < -0.39 is 5.24 Å². The fourth-order valence-corrected chi connectivity index (χ4v) is 65.0. The number of hydrogen-bond donors (Lipinski definition) is 1. The van der Waals surface area contributed by atoms with Crippen molar-refractivity contribution < 1.29 is 19.4 Å². The third kappa shape index (κ3) is 39.5. The number of carbonyl (C=O) groups is 2. The molecule has 4 rings (SSSR count). The van der Waals surface area contributed by atoms with Crippen LogP contribution in [0.2, 0.25) is 10.0 Å². The van der Waals surface area contributed by atoms with Crippen LogP contribution in [0.3, 0.4) is 0 Å². The molecule has 1 N–H and O–H groups in total. The normalized spacial score (nSPS) is 16.8. The number of hydrogen-bond acceptors (Lipinski definition) is 6. The van der Waals surface area contributed by atoms with E-state index in [1.54, 1.807) is 173 Å². The average Bonchev–Trinajstić information content (AvgIpc) is 3.25. The van der Waals surface area contributed by atoms with Gasteiger partial charge in [-0.3, -0.25) is 4.79 Å². The monoisotopic (exact) mass is 1370 g/mol. The predicted molar refractivity (Wildman–Crippen MR) is 335 cm³/mol. The van der Waals surface area contributed by atoms with E-state index in [0.29, 0.717) is 21.2 Å². The maximum Gasteiger partial charge on any atom is 0.338 e. The van der Waals surface area contributed by atoms with Gasteiger partial charge in [-0.2, -0.15) is 0 Å². The zero-order chi connectivity index (χ0) is 44.8. The van der Waals surface area contributed by atoms with E-state index in [1.807, 2.05) is 71.0 Å². The number of halogens is 3. The summed E-state index contributed by atoms with van der Waals surface area (Å²) in [7, 11) is 41.8. The topological polar surface area (TPSA) is 63.6 Å². The van der Waals surface area contributed by atoms with Crippen molar-refractivity contribution in [3.63, 3.8) is 0 Å². The number of esters is 1. The molecule has 4 nitrogen and oxygen atoms in total. The Labute approximate surface area is 451 Å². The average molecular weight is 1380 g/mol. The van der Waals surface area contributed by atoms with Crippen LogP contribution in [0.5, 0.6) is 0 Å². The molecule has 348 valence electrons. The van der Waals surface area contributed by atoms with Crippen LogP contribution >= 0.6 is 34.8 Å². The Morgan fingerprint density at radius 3 is 1.05 bits per heavy atom.